The highest BCUT2D eigenvalue weighted by atomic mass is 16.4. The minimum Gasteiger partial charge on any atom is -0.508 e. The molecule has 0 aromatic heterocycles. The second kappa shape index (κ2) is 13.1. The van der Waals surface area contributed by atoms with Crippen LogP contribution >= 0.6 is 0 Å². The lowest BCUT2D eigenvalue weighted by atomic mass is 9.97. The van der Waals surface area contributed by atoms with Gasteiger partial charge in [0.25, 0.3) is 0 Å². The van der Waals surface area contributed by atoms with Crippen molar-refractivity contribution in [3.8, 4) is 5.75 Å². The SMILES string of the molecule is CCC(C)C(NC(=O)C(C)NC(=O)C(N)CC(N)=O)C(=O)NC(Cc1ccc(O)cc1)C(=O)O. The van der Waals surface area contributed by atoms with Gasteiger partial charge in [-0.05, 0) is 30.5 Å². The van der Waals surface area contributed by atoms with Gasteiger partial charge in [0.05, 0.1) is 12.5 Å². The van der Waals surface area contributed by atoms with Gasteiger partial charge in [-0.1, -0.05) is 32.4 Å². The molecule has 0 aliphatic rings. The van der Waals surface area contributed by atoms with Crippen molar-refractivity contribution in [1.29, 1.82) is 0 Å². The molecule has 0 saturated carbocycles. The van der Waals surface area contributed by atoms with E-state index in [1.54, 1.807) is 26.0 Å². The van der Waals surface area contributed by atoms with E-state index in [1.807, 2.05) is 0 Å². The summed E-state index contributed by atoms with van der Waals surface area (Å²) in [6.45, 7) is 4.89. The molecule has 12 heteroatoms. The topological polar surface area (TPSA) is 214 Å². The Bertz CT molecular complexity index is 890. The molecule has 0 bridgehead atoms. The van der Waals surface area contributed by atoms with Crippen LogP contribution in [0.5, 0.6) is 5.75 Å². The van der Waals surface area contributed by atoms with Crippen molar-refractivity contribution in [2.45, 2.75) is 64.2 Å². The van der Waals surface area contributed by atoms with E-state index in [-0.39, 0.29) is 18.1 Å². The molecule has 1 rings (SSSR count). The largest absolute Gasteiger partial charge is 0.508 e. The number of carbonyl (C=O) groups excluding carboxylic acids is 4. The van der Waals surface area contributed by atoms with Gasteiger partial charge in [0, 0.05) is 6.42 Å². The van der Waals surface area contributed by atoms with E-state index in [2.05, 4.69) is 16.0 Å². The third-order valence-corrected chi connectivity index (χ3v) is 5.29. The van der Waals surface area contributed by atoms with Crippen LogP contribution < -0.4 is 27.4 Å². The quantitative estimate of drug-likeness (QED) is 0.181. The molecule has 0 saturated heterocycles. The van der Waals surface area contributed by atoms with Crippen LogP contribution in [0.3, 0.4) is 0 Å². The Hall–Kier alpha value is -3.67. The van der Waals surface area contributed by atoms with Gasteiger partial charge >= 0.3 is 5.97 Å². The van der Waals surface area contributed by atoms with E-state index in [9.17, 15) is 34.2 Å². The Balaban J connectivity index is 2.87. The zero-order valence-corrected chi connectivity index (χ0v) is 19.4. The van der Waals surface area contributed by atoms with Crippen LogP contribution in [0.1, 0.15) is 39.2 Å². The number of nitrogens with one attached hydrogen (secondary N) is 3. The number of phenolic OH excluding ortho intramolecular Hbond substituents is 1. The molecule has 1 aromatic rings. The van der Waals surface area contributed by atoms with Crippen molar-refractivity contribution >= 4 is 29.6 Å². The molecule has 0 heterocycles. The molecule has 1 aromatic carbocycles. The Morgan fingerprint density at radius 2 is 1.53 bits per heavy atom. The molecule has 4 amide bonds. The first kappa shape index (κ1) is 28.4. The normalized spacial score (nSPS) is 15.2. The van der Waals surface area contributed by atoms with Crippen LogP contribution in [-0.4, -0.2) is 64.0 Å². The Morgan fingerprint density at radius 3 is 2.03 bits per heavy atom. The van der Waals surface area contributed by atoms with Crippen LogP contribution in [0.25, 0.3) is 0 Å². The molecule has 9 N–H and O–H groups in total. The number of aromatic hydroxyl groups is 1. The first-order valence-electron chi connectivity index (χ1n) is 10.8. The molecule has 34 heavy (non-hydrogen) atoms. The lowest BCUT2D eigenvalue weighted by Crippen LogP contribution is -2.58. The maximum absolute atomic E-state index is 12.9. The number of phenols is 1. The monoisotopic (exact) mass is 479 g/mol. The van der Waals surface area contributed by atoms with Crippen LogP contribution in [0.2, 0.25) is 0 Å². The average Bonchev–Trinajstić information content (AvgIpc) is 2.76. The molecule has 0 aliphatic carbocycles. The number of rotatable bonds is 13. The number of hydrogen-bond donors (Lipinski definition) is 7. The summed E-state index contributed by atoms with van der Waals surface area (Å²) in [7, 11) is 0. The summed E-state index contributed by atoms with van der Waals surface area (Å²) in [6.07, 6.45) is 0.0701. The molecule has 5 atom stereocenters. The highest BCUT2D eigenvalue weighted by Crippen LogP contribution is 2.13. The van der Waals surface area contributed by atoms with Gasteiger partial charge in [-0.15, -0.1) is 0 Å². The van der Waals surface area contributed by atoms with E-state index in [0.29, 0.717) is 12.0 Å². The maximum atomic E-state index is 12.9. The molecule has 188 valence electrons. The zero-order valence-electron chi connectivity index (χ0n) is 19.4. The summed E-state index contributed by atoms with van der Waals surface area (Å²) in [5, 5.41) is 26.3. The fourth-order valence-corrected chi connectivity index (χ4v) is 3.00. The molecule has 0 fully saturated rings. The van der Waals surface area contributed by atoms with Crippen molar-refractivity contribution in [3.63, 3.8) is 0 Å². The fourth-order valence-electron chi connectivity index (χ4n) is 3.00. The molecule has 5 unspecified atom stereocenters. The summed E-state index contributed by atoms with van der Waals surface area (Å²) in [6, 6.07) is 1.24. The molecule has 0 radical (unpaired) electrons. The van der Waals surface area contributed by atoms with Gasteiger partial charge in [-0.2, -0.15) is 0 Å². The smallest absolute Gasteiger partial charge is 0.326 e. The number of carboxylic acids is 1. The van der Waals surface area contributed by atoms with Gasteiger partial charge in [-0.25, -0.2) is 4.79 Å². The van der Waals surface area contributed by atoms with Crippen molar-refractivity contribution < 1.29 is 34.2 Å². The summed E-state index contributed by atoms with van der Waals surface area (Å²) in [5.74, 6) is -4.51. The maximum Gasteiger partial charge on any atom is 0.326 e. The summed E-state index contributed by atoms with van der Waals surface area (Å²) < 4.78 is 0. The molecule has 12 nitrogen and oxygen atoms in total. The van der Waals surface area contributed by atoms with Crippen LogP contribution in [0, 0.1) is 5.92 Å². The van der Waals surface area contributed by atoms with Crippen LogP contribution in [0.4, 0.5) is 0 Å². The molecular formula is C22H33N5O7. The van der Waals surface area contributed by atoms with Gasteiger partial charge in [-0.3, -0.25) is 19.2 Å². The van der Waals surface area contributed by atoms with Crippen molar-refractivity contribution in [2.24, 2.45) is 17.4 Å². The number of aliphatic carboxylic acids is 1. The Kier molecular flexibility index (Phi) is 11.0. The first-order chi connectivity index (χ1) is 15.8. The van der Waals surface area contributed by atoms with Gasteiger partial charge in [0.15, 0.2) is 0 Å². The van der Waals surface area contributed by atoms with Gasteiger partial charge in [0.2, 0.25) is 23.6 Å². The lowest BCUT2D eigenvalue weighted by Gasteiger charge is -2.27. The van der Waals surface area contributed by atoms with E-state index in [4.69, 9.17) is 11.5 Å². The summed E-state index contributed by atoms with van der Waals surface area (Å²) >= 11 is 0. The van der Waals surface area contributed by atoms with Crippen molar-refractivity contribution in [1.82, 2.24) is 16.0 Å². The Morgan fingerprint density at radius 1 is 0.941 bits per heavy atom. The molecule has 0 spiro atoms. The lowest BCUT2D eigenvalue weighted by molar-refractivity contribution is -0.142. The number of amides is 4. The van der Waals surface area contributed by atoms with Gasteiger partial charge < -0.3 is 37.6 Å². The Labute approximate surface area is 197 Å². The van der Waals surface area contributed by atoms with Crippen molar-refractivity contribution in [3.05, 3.63) is 29.8 Å². The minimum atomic E-state index is -1.27. The predicted molar refractivity (Wildman–Crippen MR) is 122 cm³/mol. The van der Waals surface area contributed by atoms with Crippen LogP contribution in [-0.2, 0) is 30.4 Å². The average molecular weight is 480 g/mol. The molecular weight excluding hydrogens is 446 g/mol. The molecule has 0 aliphatic heterocycles. The van der Waals surface area contributed by atoms with E-state index < -0.39 is 60.2 Å². The van der Waals surface area contributed by atoms with Crippen molar-refractivity contribution in [2.75, 3.05) is 0 Å². The number of hydrogen-bond acceptors (Lipinski definition) is 7. The highest BCUT2D eigenvalue weighted by molar-refractivity contribution is 5.94. The minimum absolute atomic E-state index is 0.0241. The van der Waals surface area contributed by atoms with E-state index in [0.717, 1.165) is 0 Å². The third-order valence-electron chi connectivity index (χ3n) is 5.29. The van der Waals surface area contributed by atoms with E-state index >= 15 is 0 Å². The number of carbonyl (C=O) groups is 5. The standard InChI is InChI=1S/C22H33N5O7/c1-4-11(2)18(27-19(30)12(3)25-20(31)15(23)10-17(24)29)21(32)26-16(22(33)34)9-13-5-7-14(28)8-6-13/h5-8,11-12,15-16,18,28H,4,9-10,23H2,1-3H3,(H2,24,29)(H,25,31)(H,26,32)(H,27,30)(H,33,34). The number of carboxylic acid groups (broad SMARTS) is 1. The summed E-state index contributed by atoms with van der Waals surface area (Å²) in [4.78, 5) is 60.2. The highest BCUT2D eigenvalue weighted by Gasteiger charge is 2.31. The van der Waals surface area contributed by atoms with E-state index in [1.165, 1.54) is 19.1 Å². The predicted octanol–water partition coefficient (Wildman–Crippen LogP) is -1.26. The number of nitrogens with two attached hydrogens (primary N) is 2. The van der Waals surface area contributed by atoms with Crippen LogP contribution in [0.15, 0.2) is 24.3 Å². The zero-order chi connectivity index (χ0) is 26.0. The van der Waals surface area contributed by atoms with Gasteiger partial charge in [0.1, 0.15) is 23.9 Å². The third kappa shape index (κ3) is 9.06. The summed E-state index contributed by atoms with van der Waals surface area (Å²) in [5.41, 5.74) is 11.2. The fraction of sp³-hybridized carbons (Fsp3) is 0.500. The first-order valence-corrected chi connectivity index (χ1v) is 10.8. The second-order valence-electron chi connectivity index (χ2n) is 8.15. The number of primary amides is 1. The second-order valence-corrected chi connectivity index (χ2v) is 8.15. The number of benzene rings is 1.